The summed E-state index contributed by atoms with van der Waals surface area (Å²) in [5, 5.41) is 2.89. The summed E-state index contributed by atoms with van der Waals surface area (Å²) >= 11 is 0. The van der Waals surface area contributed by atoms with Gasteiger partial charge in [-0.25, -0.2) is 0 Å². The van der Waals surface area contributed by atoms with Crippen molar-refractivity contribution in [2.24, 2.45) is 0 Å². The molecule has 0 aromatic heterocycles. The summed E-state index contributed by atoms with van der Waals surface area (Å²) in [7, 11) is 1.37. The molecular formula is C14H19F2NO4. The maximum Gasteiger partial charge on any atom is 0.387 e. The van der Waals surface area contributed by atoms with Crippen LogP contribution in [0, 0.1) is 0 Å². The maximum absolute atomic E-state index is 12.5. The van der Waals surface area contributed by atoms with E-state index in [1.807, 2.05) is 0 Å². The summed E-state index contributed by atoms with van der Waals surface area (Å²) in [4.78, 5) is 11.5. The first-order valence-corrected chi connectivity index (χ1v) is 6.50. The van der Waals surface area contributed by atoms with Gasteiger partial charge in [0, 0.05) is 12.1 Å². The molecule has 0 saturated carbocycles. The van der Waals surface area contributed by atoms with E-state index in [9.17, 15) is 13.6 Å². The molecule has 0 fully saturated rings. The molecule has 0 amide bonds. The molecule has 0 aliphatic rings. The number of hydrogen-bond donors (Lipinski definition) is 1. The summed E-state index contributed by atoms with van der Waals surface area (Å²) < 4.78 is 39.3. The lowest BCUT2D eigenvalue weighted by Crippen LogP contribution is -2.35. The number of hydrogen-bond acceptors (Lipinski definition) is 5. The van der Waals surface area contributed by atoms with Crippen molar-refractivity contribution < 1.29 is 27.8 Å². The van der Waals surface area contributed by atoms with Crippen molar-refractivity contribution in [1.82, 2.24) is 5.32 Å². The molecule has 1 N–H and O–H groups in total. The van der Waals surface area contributed by atoms with E-state index < -0.39 is 18.6 Å². The van der Waals surface area contributed by atoms with Gasteiger partial charge in [-0.1, -0.05) is 12.1 Å². The molecule has 0 radical (unpaired) electrons. The van der Waals surface area contributed by atoms with E-state index >= 15 is 0 Å². The molecule has 1 aromatic carbocycles. The van der Waals surface area contributed by atoms with Gasteiger partial charge in [-0.2, -0.15) is 8.78 Å². The van der Waals surface area contributed by atoms with Crippen molar-refractivity contribution in [3.05, 3.63) is 23.8 Å². The monoisotopic (exact) mass is 303 g/mol. The summed E-state index contributed by atoms with van der Waals surface area (Å²) in [5.41, 5.74) is 0.464. The minimum Gasteiger partial charge on any atom is -0.493 e. The molecule has 21 heavy (non-hydrogen) atoms. The van der Waals surface area contributed by atoms with Gasteiger partial charge in [0.2, 0.25) is 0 Å². The number of halogens is 2. The number of ether oxygens (including phenoxy) is 3. The fourth-order valence-electron chi connectivity index (χ4n) is 1.70. The highest BCUT2D eigenvalue weighted by Gasteiger charge is 2.18. The normalized spacial score (nSPS) is 12.1. The Balaban J connectivity index is 2.80. The molecule has 0 aliphatic carbocycles. The summed E-state index contributed by atoms with van der Waals surface area (Å²) in [5.74, 6) is -0.242. The number of esters is 1. The van der Waals surface area contributed by atoms with Crippen LogP contribution in [-0.4, -0.2) is 32.3 Å². The van der Waals surface area contributed by atoms with Crippen LogP contribution in [0.5, 0.6) is 11.5 Å². The Hall–Kier alpha value is -1.89. The summed E-state index contributed by atoms with van der Waals surface area (Å²) in [6, 6.07) is 4.24. The minimum absolute atomic E-state index is 0.0430. The Morgan fingerprint density at radius 2 is 2.10 bits per heavy atom. The van der Waals surface area contributed by atoms with Crippen molar-refractivity contribution in [3.63, 3.8) is 0 Å². The number of methoxy groups -OCH3 is 1. The van der Waals surface area contributed by atoms with Gasteiger partial charge in [-0.05, 0) is 19.9 Å². The van der Waals surface area contributed by atoms with E-state index in [-0.39, 0.29) is 24.7 Å². The number of para-hydroxylation sites is 1. The minimum atomic E-state index is -2.96. The van der Waals surface area contributed by atoms with Gasteiger partial charge in [0.1, 0.15) is 6.04 Å². The highest BCUT2D eigenvalue weighted by atomic mass is 19.3. The summed E-state index contributed by atoms with van der Waals surface area (Å²) in [6.07, 6.45) is 0. The third kappa shape index (κ3) is 5.18. The van der Waals surface area contributed by atoms with Gasteiger partial charge in [0.25, 0.3) is 0 Å². The van der Waals surface area contributed by atoms with Crippen LogP contribution in [0.25, 0.3) is 0 Å². The lowest BCUT2D eigenvalue weighted by Gasteiger charge is -2.17. The van der Waals surface area contributed by atoms with E-state index in [0.717, 1.165) is 0 Å². The smallest absolute Gasteiger partial charge is 0.387 e. The van der Waals surface area contributed by atoms with Crippen LogP contribution in [0.1, 0.15) is 19.4 Å². The second-order valence-electron chi connectivity index (χ2n) is 4.18. The Bertz CT molecular complexity index is 468. The first kappa shape index (κ1) is 17.2. The zero-order valence-corrected chi connectivity index (χ0v) is 12.2. The fraction of sp³-hybridized carbons (Fsp3) is 0.500. The lowest BCUT2D eigenvalue weighted by atomic mass is 10.1. The first-order valence-electron chi connectivity index (χ1n) is 6.50. The van der Waals surface area contributed by atoms with Crippen LogP contribution >= 0.6 is 0 Å². The Kier molecular flexibility index (Phi) is 6.87. The molecule has 1 atom stereocenters. The third-order valence-corrected chi connectivity index (χ3v) is 2.73. The zero-order valence-electron chi connectivity index (χ0n) is 12.2. The molecule has 0 bridgehead atoms. The lowest BCUT2D eigenvalue weighted by molar-refractivity contribution is -0.145. The number of rotatable bonds is 8. The van der Waals surface area contributed by atoms with E-state index in [2.05, 4.69) is 10.1 Å². The van der Waals surface area contributed by atoms with Crippen LogP contribution < -0.4 is 14.8 Å². The van der Waals surface area contributed by atoms with Crippen LogP contribution in [-0.2, 0) is 16.1 Å². The van der Waals surface area contributed by atoms with Crippen molar-refractivity contribution in [2.45, 2.75) is 33.0 Å². The predicted molar refractivity (Wildman–Crippen MR) is 72.6 cm³/mol. The van der Waals surface area contributed by atoms with Gasteiger partial charge >= 0.3 is 12.6 Å². The second kappa shape index (κ2) is 8.41. The molecule has 118 valence electrons. The molecule has 7 heteroatoms. The molecule has 1 aromatic rings. The summed E-state index contributed by atoms with van der Waals surface area (Å²) in [6.45, 7) is 0.832. The third-order valence-electron chi connectivity index (χ3n) is 2.73. The van der Waals surface area contributed by atoms with Crippen molar-refractivity contribution >= 4 is 5.97 Å². The Morgan fingerprint density at radius 1 is 1.38 bits per heavy atom. The van der Waals surface area contributed by atoms with Crippen molar-refractivity contribution in [2.75, 3.05) is 13.7 Å². The van der Waals surface area contributed by atoms with E-state index in [0.29, 0.717) is 5.56 Å². The number of carbonyl (C=O) groups excluding carboxylic acids is 1. The van der Waals surface area contributed by atoms with Crippen LogP contribution in [0.2, 0.25) is 0 Å². The number of benzene rings is 1. The highest BCUT2D eigenvalue weighted by molar-refractivity contribution is 5.75. The molecular weight excluding hydrogens is 284 g/mol. The van der Waals surface area contributed by atoms with Crippen LogP contribution in [0.15, 0.2) is 18.2 Å². The standard InChI is InChI=1S/C14H19F2NO4/c1-4-20-13(18)9(2)17-8-10-6-5-7-11(19-3)12(10)21-14(15)16/h5-7,9,14,17H,4,8H2,1-3H3. The molecule has 0 saturated heterocycles. The quantitative estimate of drug-likeness (QED) is 0.747. The van der Waals surface area contributed by atoms with E-state index in [1.165, 1.54) is 13.2 Å². The molecule has 0 aliphatic heterocycles. The van der Waals surface area contributed by atoms with E-state index in [1.54, 1.807) is 26.0 Å². The van der Waals surface area contributed by atoms with Gasteiger partial charge < -0.3 is 19.5 Å². The second-order valence-corrected chi connectivity index (χ2v) is 4.18. The number of nitrogens with one attached hydrogen (secondary N) is 1. The van der Waals surface area contributed by atoms with Gasteiger partial charge in [-0.15, -0.1) is 0 Å². The highest BCUT2D eigenvalue weighted by Crippen LogP contribution is 2.32. The molecule has 5 nitrogen and oxygen atoms in total. The average molecular weight is 303 g/mol. The predicted octanol–water partition coefficient (Wildman–Crippen LogP) is 2.34. The zero-order chi connectivity index (χ0) is 15.8. The average Bonchev–Trinajstić information content (AvgIpc) is 2.45. The number of alkyl halides is 2. The maximum atomic E-state index is 12.5. The SMILES string of the molecule is CCOC(=O)C(C)NCc1cccc(OC)c1OC(F)F. The van der Waals surface area contributed by atoms with Crippen LogP contribution in [0.3, 0.4) is 0 Å². The van der Waals surface area contributed by atoms with Gasteiger partial charge in [0.15, 0.2) is 11.5 Å². The Morgan fingerprint density at radius 3 is 2.67 bits per heavy atom. The van der Waals surface area contributed by atoms with Gasteiger partial charge in [-0.3, -0.25) is 4.79 Å². The number of carbonyl (C=O) groups is 1. The van der Waals surface area contributed by atoms with Crippen molar-refractivity contribution in [3.8, 4) is 11.5 Å². The van der Waals surface area contributed by atoms with Crippen molar-refractivity contribution in [1.29, 1.82) is 0 Å². The van der Waals surface area contributed by atoms with Gasteiger partial charge in [0.05, 0.1) is 13.7 Å². The molecule has 0 heterocycles. The van der Waals surface area contributed by atoms with Crippen LogP contribution in [0.4, 0.5) is 8.78 Å². The molecule has 0 spiro atoms. The Labute approximate surface area is 122 Å². The largest absolute Gasteiger partial charge is 0.493 e. The fourth-order valence-corrected chi connectivity index (χ4v) is 1.70. The molecule has 1 rings (SSSR count). The first-order chi connectivity index (χ1) is 9.99. The molecule has 1 unspecified atom stereocenters. The topological polar surface area (TPSA) is 56.8 Å². The van der Waals surface area contributed by atoms with E-state index in [4.69, 9.17) is 9.47 Å².